The first kappa shape index (κ1) is 14.7. The van der Waals surface area contributed by atoms with Crippen LogP contribution in [0.2, 0.25) is 0 Å². The third kappa shape index (κ3) is 4.13. The fourth-order valence-electron chi connectivity index (χ4n) is 1.84. The molecule has 0 aliphatic carbocycles. The van der Waals surface area contributed by atoms with Crippen molar-refractivity contribution in [3.63, 3.8) is 0 Å². The average molecular weight is 249 g/mol. The van der Waals surface area contributed by atoms with E-state index in [0.29, 0.717) is 19.1 Å². The number of nitrogens with one attached hydrogen (secondary N) is 1. The summed E-state index contributed by atoms with van der Waals surface area (Å²) in [6, 6.07) is 4.37. The molecular weight excluding hydrogens is 226 g/mol. The molecule has 1 unspecified atom stereocenters. The molecule has 2 N–H and O–H groups in total. The van der Waals surface area contributed by atoms with Crippen LogP contribution in [0, 0.1) is 0 Å². The van der Waals surface area contributed by atoms with Gasteiger partial charge in [0.2, 0.25) is 0 Å². The van der Waals surface area contributed by atoms with Crippen LogP contribution in [0.5, 0.6) is 0 Å². The third-order valence-electron chi connectivity index (χ3n) is 2.82. The van der Waals surface area contributed by atoms with Gasteiger partial charge in [0.25, 0.3) is 0 Å². The van der Waals surface area contributed by atoms with Gasteiger partial charge in [-0.25, -0.2) is 4.98 Å². The molecule has 0 spiro atoms. The summed E-state index contributed by atoms with van der Waals surface area (Å²) in [6.45, 7) is 10.2. The van der Waals surface area contributed by atoms with Crippen LogP contribution in [0.1, 0.15) is 25.5 Å². The molecule has 1 heterocycles. The van der Waals surface area contributed by atoms with Gasteiger partial charge in [-0.05, 0) is 25.1 Å². The monoisotopic (exact) mass is 249 g/mol. The van der Waals surface area contributed by atoms with E-state index in [4.69, 9.17) is 5.11 Å². The number of aromatic nitrogens is 1. The second-order valence-corrected chi connectivity index (χ2v) is 4.19. The topological polar surface area (TPSA) is 48.4 Å². The number of hydrogen-bond acceptors (Lipinski definition) is 4. The van der Waals surface area contributed by atoms with Gasteiger partial charge in [-0.15, -0.1) is 6.58 Å². The molecule has 0 aliphatic heterocycles. The van der Waals surface area contributed by atoms with Crippen molar-refractivity contribution >= 4 is 5.82 Å². The lowest BCUT2D eigenvalue weighted by atomic mass is 10.1. The Bertz CT molecular complexity index is 351. The number of rotatable bonds is 8. The summed E-state index contributed by atoms with van der Waals surface area (Å²) in [7, 11) is 0. The molecule has 1 aromatic heterocycles. The lowest BCUT2D eigenvalue weighted by Crippen LogP contribution is -2.27. The van der Waals surface area contributed by atoms with Gasteiger partial charge in [-0.3, -0.25) is 0 Å². The lowest BCUT2D eigenvalue weighted by Gasteiger charge is -2.21. The number of aliphatic hydroxyl groups is 1. The van der Waals surface area contributed by atoms with Crippen LogP contribution >= 0.6 is 0 Å². The van der Waals surface area contributed by atoms with E-state index in [2.05, 4.69) is 36.8 Å². The average Bonchev–Trinajstić information content (AvgIpc) is 2.39. The van der Waals surface area contributed by atoms with Gasteiger partial charge in [0, 0.05) is 25.3 Å². The zero-order valence-corrected chi connectivity index (χ0v) is 11.3. The molecule has 1 atom stereocenters. The Balaban J connectivity index is 2.76. The summed E-state index contributed by atoms with van der Waals surface area (Å²) in [5.41, 5.74) is 1.17. The summed E-state index contributed by atoms with van der Waals surface area (Å²) in [5, 5.41) is 12.4. The van der Waals surface area contributed by atoms with Crippen molar-refractivity contribution in [3.05, 3.63) is 36.5 Å². The third-order valence-corrected chi connectivity index (χ3v) is 2.82. The van der Waals surface area contributed by atoms with Crippen LogP contribution in [-0.2, 0) is 0 Å². The van der Waals surface area contributed by atoms with E-state index in [-0.39, 0.29) is 6.61 Å². The molecule has 0 aromatic carbocycles. The Kier molecular flexibility index (Phi) is 6.39. The van der Waals surface area contributed by atoms with Crippen molar-refractivity contribution in [3.8, 4) is 0 Å². The molecule has 1 rings (SSSR count). The number of nitrogens with zero attached hydrogens (tertiary/aromatic N) is 2. The summed E-state index contributed by atoms with van der Waals surface area (Å²) < 4.78 is 0. The smallest absolute Gasteiger partial charge is 0.128 e. The van der Waals surface area contributed by atoms with Gasteiger partial charge < -0.3 is 15.3 Å². The zero-order chi connectivity index (χ0) is 13.4. The quantitative estimate of drug-likeness (QED) is 0.689. The molecule has 0 bridgehead atoms. The highest BCUT2D eigenvalue weighted by Gasteiger charge is 2.08. The van der Waals surface area contributed by atoms with E-state index in [1.54, 1.807) is 0 Å². The maximum atomic E-state index is 9.02. The number of pyridine rings is 1. The van der Waals surface area contributed by atoms with Crippen LogP contribution < -0.4 is 10.2 Å². The highest BCUT2D eigenvalue weighted by Crippen LogP contribution is 2.15. The highest BCUT2D eigenvalue weighted by atomic mass is 16.3. The molecule has 0 aliphatic rings. The van der Waals surface area contributed by atoms with E-state index in [0.717, 1.165) is 12.4 Å². The van der Waals surface area contributed by atoms with E-state index in [9.17, 15) is 0 Å². The van der Waals surface area contributed by atoms with Crippen LogP contribution in [0.4, 0.5) is 5.82 Å². The lowest BCUT2D eigenvalue weighted by molar-refractivity contribution is 0.302. The van der Waals surface area contributed by atoms with E-state index < -0.39 is 0 Å². The minimum absolute atomic E-state index is 0.116. The first-order valence-corrected chi connectivity index (χ1v) is 6.39. The normalized spacial score (nSPS) is 12.2. The maximum Gasteiger partial charge on any atom is 0.128 e. The number of anilines is 1. The second-order valence-electron chi connectivity index (χ2n) is 4.19. The Labute approximate surface area is 109 Å². The fraction of sp³-hybridized carbons (Fsp3) is 0.500. The van der Waals surface area contributed by atoms with Gasteiger partial charge >= 0.3 is 0 Å². The largest absolute Gasteiger partial charge is 0.395 e. The first-order valence-electron chi connectivity index (χ1n) is 6.39. The van der Waals surface area contributed by atoms with Crippen molar-refractivity contribution in [2.24, 2.45) is 0 Å². The molecule has 100 valence electrons. The van der Waals surface area contributed by atoms with Crippen LogP contribution in [0.15, 0.2) is 31.0 Å². The Morgan fingerprint density at radius 1 is 1.56 bits per heavy atom. The van der Waals surface area contributed by atoms with Crippen molar-refractivity contribution in [1.29, 1.82) is 0 Å². The van der Waals surface area contributed by atoms with Crippen molar-refractivity contribution in [2.45, 2.75) is 19.9 Å². The molecule has 0 radical (unpaired) electrons. The van der Waals surface area contributed by atoms with Gasteiger partial charge in [0.15, 0.2) is 0 Å². The number of hydrogen-bond donors (Lipinski definition) is 2. The van der Waals surface area contributed by atoms with Crippen molar-refractivity contribution in [1.82, 2.24) is 10.3 Å². The van der Waals surface area contributed by atoms with Gasteiger partial charge in [-0.2, -0.15) is 0 Å². The highest BCUT2D eigenvalue weighted by molar-refractivity contribution is 5.40. The van der Waals surface area contributed by atoms with Crippen LogP contribution in [0.3, 0.4) is 0 Å². The molecule has 0 saturated carbocycles. The Morgan fingerprint density at radius 2 is 2.33 bits per heavy atom. The molecule has 4 heteroatoms. The Morgan fingerprint density at radius 3 is 2.83 bits per heavy atom. The maximum absolute atomic E-state index is 9.02. The zero-order valence-electron chi connectivity index (χ0n) is 11.3. The first-order chi connectivity index (χ1) is 8.72. The standard InChI is InChI=1S/C14H23N3O/c1-4-8-17(9-10-18)14-7-6-13(11-16-14)12(3)15-5-2/h4,6-7,11-12,15,18H,1,5,8-10H2,2-3H3. The van der Waals surface area contributed by atoms with Gasteiger partial charge in [-0.1, -0.05) is 19.1 Å². The fourth-order valence-corrected chi connectivity index (χ4v) is 1.84. The van der Waals surface area contributed by atoms with E-state index in [1.165, 1.54) is 5.56 Å². The SMILES string of the molecule is C=CCN(CCO)c1ccc(C(C)NCC)cn1. The van der Waals surface area contributed by atoms with Crippen LogP contribution in [-0.4, -0.2) is 36.3 Å². The minimum atomic E-state index is 0.116. The minimum Gasteiger partial charge on any atom is -0.395 e. The molecule has 18 heavy (non-hydrogen) atoms. The summed E-state index contributed by atoms with van der Waals surface area (Å²) in [5.74, 6) is 0.872. The molecule has 0 amide bonds. The molecule has 0 fully saturated rings. The van der Waals surface area contributed by atoms with Gasteiger partial charge in [0.1, 0.15) is 5.82 Å². The summed E-state index contributed by atoms with van der Waals surface area (Å²) in [6.07, 6.45) is 3.70. The predicted molar refractivity (Wildman–Crippen MR) is 75.8 cm³/mol. The Hall–Kier alpha value is -1.39. The van der Waals surface area contributed by atoms with Crippen LogP contribution in [0.25, 0.3) is 0 Å². The van der Waals surface area contributed by atoms with Crippen molar-refractivity contribution in [2.75, 3.05) is 31.1 Å². The summed E-state index contributed by atoms with van der Waals surface area (Å²) >= 11 is 0. The predicted octanol–water partition coefficient (Wildman–Crippen LogP) is 1.74. The second kappa shape index (κ2) is 7.84. The molecule has 4 nitrogen and oxygen atoms in total. The van der Waals surface area contributed by atoms with E-state index in [1.807, 2.05) is 23.2 Å². The summed E-state index contributed by atoms with van der Waals surface area (Å²) in [4.78, 5) is 6.44. The number of aliphatic hydroxyl groups excluding tert-OH is 1. The van der Waals surface area contributed by atoms with E-state index >= 15 is 0 Å². The molecule has 1 aromatic rings. The van der Waals surface area contributed by atoms with Crippen molar-refractivity contribution < 1.29 is 5.11 Å². The molecule has 0 saturated heterocycles. The molecular formula is C14H23N3O. The van der Waals surface area contributed by atoms with Gasteiger partial charge in [0.05, 0.1) is 6.61 Å².